The van der Waals surface area contributed by atoms with Gasteiger partial charge in [-0.15, -0.1) is 0 Å². The summed E-state index contributed by atoms with van der Waals surface area (Å²) in [6.07, 6.45) is -0.0479. The first-order valence-corrected chi connectivity index (χ1v) is 6.82. The zero-order valence-corrected chi connectivity index (χ0v) is 12.4. The van der Waals surface area contributed by atoms with Crippen LogP contribution in [0.15, 0.2) is 28.7 Å². The Bertz CT molecular complexity index is 590. The van der Waals surface area contributed by atoms with Crippen molar-refractivity contribution in [2.75, 3.05) is 6.54 Å². The van der Waals surface area contributed by atoms with Crippen LogP contribution in [-0.4, -0.2) is 29.3 Å². The van der Waals surface area contributed by atoms with Crippen LogP contribution in [0.4, 0.5) is 4.79 Å². The molecule has 7 heteroatoms. The van der Waals surface area contributed by atoms with Gasteiger partial charge in [0.1, 0.15) is 5.54 Å². The molecular formula is C13H14BrN3O3. The van der Waals surface area contributed by atoms with Crippen LogP contribution >= 0.6 is 15.9 Å². The maximum Gasteiger partial charge on any atom is 0.325 e. The van der Waals surface area contributed by atoms with E-state index in [9.17, 15) is 14.4 Å². The fourth-order valence-electron chi connectivity index (χ4n) is 2.12. The molecule has 6 nitrogen and oxygen atoms in total. The van der Waals surface area contributed by atoms with E-state index in [1.807, 2.05) is 6.07 Å². The number of benzene rings is 1. The van der Waals surface area contributed by atoms with Gasteiger partial charge in [-0.1, -0.05) is 28.1 Å². The third kappa shape index (κ3) is 2.53. The van der Waals surface area contributed by atoms with Gasteiger partial charge in [0.2, 0.25) is 5.91 Å². The van der Waals surface area contributed by atoms with Gasteiger partial charge in [-0.2, -0.15) is 0 Å². The van der Waals surface area contributed by atoms with Gasteiger partial charge in [0.15, 0.2) is 0 Å². The van der Waals surface area contributed by atoms with Gasteiger partial charge in [0.25, 0.3) is 5.91 Å². The maximum absolute atomic E-state index is 12.4. The fourth-order valence-corrected chi connectivity index (χ4v) is 2.52. The number of hydrogen-bond acceptors (Lipinski definition) is 3. The Kier molecular flexibility index (Phi) is 3.80. The predicted octanol–water partition coefficient (Wildman–Crippen LogP) is 1.09. The minimum Gasteiger partial charge on any atom is -0.370 e. The number of urea groups is 1. The molecule has 1 aliphatic heterocycles. The largest absolute Gasteiger partial charge is 0.370 e. The standard InChI is InChI=1S/C13H14BrN3O3/c1-13(8-3-2-4-9(14)7-8)11(19)17(12(20)16-13)6-5-10(15)18/h2-4,7H,5-6H2,1H3,(H2,15,18)(H,16,20)/t13-/m1/s1. The highest BCUT2D eigenvalue weighted by Crippen LogP contribution is 2.30. The molecule has 1 aromatic carbocycles. The molecule has 2 rings (SSSR count). The summed E-state index contributed by atoms with van der Waals surface area (Å²) in [5.74, 6) is -0.941. The van der Waals surface area contributed by atoms with E-state index in [1.54, 1.807) is 25.1 Å². The number of halogens is 1. The molecule has 1 saturated heterocycles. The van der Waals surface area contributed by atoms with Crippen LogP contribution in [-0.2, 0) is 15.1 Å². The number of hydrogen-bond donors (Lipinski definition) is 2. The molecule has 3 N–H and O–H groups in total. The van der Waals surface area contributed by atoms with Gasteiger partial charge < -0.3 is 11.1 Å². The highest BCUT2D eigenvalue weighted by molar-refractivity contribution is 9.10. The number of carbonyl (C=O) groups excluding carboxylic acids is 3. The number of amides is 4. The van der Waals surface area contributed by atoms with Crippen molar-refractivity contribution >= 4 is 33.8 Å². The first-order valence-electron chi connectivity index (χ1n) is 6.03. The first-order chi connectivity index (χ1) is 9.34. The molecule has 0 aromatic heterocycles. The molecule has 4 amide bonds. The van der Waals surface area contributed by atoms with Crippen LogP contribution < -0.4 is 11.1 Å². The second-order valence-corrected chi connectivity index (χ2v) is 5.65. The molecule has 0 bridgehead atoms. The average Bonchev–Trinajstić information content (AvgIpc) is 2.59. The van der Waals surface area contributed by atoms with Gasteiger partial charge in [-0.25, -0.2) is 4.79 Å². The molecule has 0 spiro atoms. The van der Waals surface area contributed by atoms with Crippen molar-refractivity contribution in [2.24, 2.45) is 5.73 Å². The molecule has 0 unspecified atom stereocenters. The molecule has 0 saturated carbocycles. The number of primary amides is 1. The Hall–Kier alpha value is -1.89. The summed E-state index contributed by atoms with van der Waals surface area (Å²) in [4.78, 5) is 36.1. The quantitative estimate of drug-likeness (QED) is 0.804. The van der Waals surface area contributed by atoms with E-state index < -0.39 is 17.5 Å². The lowest BCUT2D eigenvalue weighted by atomic mass is 9.92. The summed E-state index contributed by atoms with van der Waals surface area (Å²) in [5, 5.41) is 2.66. The predicted molar refractivity (Wildman–Crippen MR) is 75.6 cm³/mol. The van der Waals surface area contributed by atoms with Crippen molar-refractivity contribution in [1.82, 2.24) is 10.2 Å². The van der Waals surface area contributed by atoms with Gasteiger partial charge >= 0.3 is 6.03 Å². The molecule has 0 radical (unpaired) electrons. The number of imide groups is 1. The van der Waals surface area contributed by atoms with Crippen molar-refractivity contribution in [3.8, 4) is 0 Å². The molecule has 0 aliphatic carbocycles. The average molecular weight is 340 g/mol. The lowest BCUT2D eigenvalue weighted by Crippen LogP contribution is -2.41. The number of carbonyl (C=O) groups is 3. The third-order valence-electron chi connectivity index (χ3n) is 3.26. The Labute approximate surface area is 124 Å². The minimum absolute atomic E-state index is 0.0103. The Balaban J connectivity index is 2.28. The van der Waals surface area contributed by atoms with Crippen molar-refractivity contribution in [1.29, 1.82) is 0 Å². The molecular weight excluding hydrogens is 326 g/mol. The normalized spacial score (nSPS) is 22.0. The smallest absolute Gasteiger partial charge is 0.325 e. The van der Waals surface area contributed by atoms with Crippen LogP contribution in [0.25, 0.3) is 0 Å². The van der Waals surface area contributed by atoms with Crippen molar-refractivity contribution < 1.29 is 14.4 Å². The summed E-state index contributed by atoms with van der Waals surface area (Å²) < 4.78 is 0.814. The number of nitrogens with zero attached hydrogens (tertiary/aromatic N) is 1. The lowest BCUT2D eigenvalue weighted by molar-refractivity contribution is -0.131. The van der Waals surface area contributed by atoms with E-state index in [-0.39, 0.29) is 18.9 Å². The highest BCUT2D eigenvalue weighted by atomic mass is 79.9. The summed E-state index contributed by atoms with van der Waals surface area (Å²) in [5.41, 5.74) is 4.59. The highest BCUT2D eigenvalue weighted by Gasteiger charge is 2.48. The van der Waals surface area contributed by atoms with E-state index in [4.69, 9.17) is 5.73 Å². The molecule has 1 aliphatic rings. The van der Waals surface area contributed by atoms with Crippen LogP contribution in [0.3, 0.4) is 0 Å². The zero-order valence-electron chi connectivity index (χ0n) is 10.9. The monoisotopic (exact) mass is 339 g/mol. The summed E-state index contributed by atoms with van der Waals surface area (Å²) in [7, 11) is 0. The van der Waals surface area contributed by atoms with Crippen molar-refractivity contribution in [2.45, 2.75) is 18.9 Å². The van der Waals surface area contributed by atoms with Crippen LogP contribution in [0.1, 0.15) is 18.9 Å². The summed E-state index contributed by atoms with van der Waals surface area (Å²) >= 11 is 3.33. The fraction of sp³-hybridized carbons (Fsp3) is 0.308. The van der Waals surface area contributed by atoms with E-state index in [0.717, 1.165) is 9.37 Å². The number of rotatable bonds is 4. The maximum atomic E-state index is 12.4. The lowest BCUT2D eigenvalue weighted by Gasteiger charge is -2.22. The van der Waals surface area contributed by atoms with Gasteiger partial charge in [-0.05, 0) is 24.6 Å². The van der Waals surface area contributed by atoms with Crippen LogP contribution in [0.2, 0.25) is 0 Å². The number of nitrogens with one attached hydrogen (secondary N) is 1. The molecule has 1 fully saturated rings. The van der Waals surface area contributed by atoms with E-state index in [0.29, 0.717) is 5.56 Å². The summed E-state index contributed by atoms with van der Waals surface area (Å²) in [6, 6.07) is 6.64. The molecule has 1 heterocycles. The van der Waals surface area contributed by atoms with Gasteiger partial charge in [0, 0.05) is 17.4 Å². The molecule has 20 heavy (non-hydrogen) atoms. The molecule has 106 valence electrons. The molecule has 1 atom stereocenters. The van der Waals surface area contributed by atoms with Gasteiger partial charge in [0.05, 0.1) is 0 Å². The van der Waals surface area contributed by atoms with E-state index in [2.05, 4.69) is 21.2 Å². The van der Waals surface area contributed by atoms with Crippen molar-refractivity contribution in [3.05, 3.63) is 34.3 Å². The second kappa shape index (κ2) is 5.24. The topological polar surface area (TPSA) is 92.5 Å². The SMILES string of the molecule is C[C@]1(c2cccc(Br)c2)NC(=O)N(CCC(N)=O)C1=O. The summed E-state index contributed by atoms with van der Waals surface area (Å²) in [6.45, 7) is 1.63. The van der Waals surface area contributed by atoms with E-state index >= 15 is 0 Å². The van der Waals surface area contributed by atoms with Gasteiger partial charge in [-0.3, -0.25) is 14.5 Å². The van der Waals surface area contributed by atoms with E-state index in [1.165, 1.54) is 0 Å². The minimum atomic E-state index is -1.13. The zero-order chi connectivity index (χ0) is 14.9. The second-order valence-electron chi connectivity index (χ2n) is 4.74. The molecule has 1 aromatic rings. The van der Waals surface area contributed by atoms with Crippen LogP contribution in [0, 0.1) is 0 Å². The Morgan fingerprint density at radius 2 is 2.15 bits per heavy atom. The Morgan fingerprint density at radius 3 is 2.75 bits per heavy atom. The Morgan fingerprint density at radius 1 is 1.45 bits per heavy atom. The van der Waals surface area contributed by atoms with Crippen molar-refractivity contribution in [3.63, 3.8) is 0 Å². The first kappa shape index (κ1) is 14.5. The van der Waals surface area contributed by atoms with Crippen LogP contribution in [0.5, 0.6) is 0 Å². The third-order valence-corrected chi connectivity index (χ3v) is 3.75. The number of nitrogens with two attached hydrogens (primary N) is 1.